The van der Waals surface area contributed by atoms with E-state index in [1.807, 2.05) is 0 Å². The molecule has 0 spiro atoms. The second kappa shape index (κ2) is 4.94. The van der Waals surface area contributed by atoms with Crippen LogP contribution in [0, 0.1) is 0 Å². The molecule has 0 amide bonds. The first-order chi connectivity index (χ1) is 6.24. The Labute approximate surface area is 79.9 Å². The van der Waals surface area contributed by atoms with Gasteiger partial charge in [0.15, 0.2) is 0 Å². The Bertz CT molecular complexity index is 281. The molecule has 1 N–H and O–H groups in total. The predicted octanol–water partition coefficient (Wildman–Crippen LogP) is 1.81. The minimum atomic E-state index is -1.04. The number of methoxy groups -OCH3 is 1. The van der Waals surface area contributed by atoms with Crippen molar-refractivity contribution in [3.63, 3.8) is 0 Å². The number of aromatic carboxylic acids is 1. The third-order valence-corrected chi connectivity index (χ3v) is 2.21. The highest BCUT2D eigenvalue weighted by Crippen LogP contribution is 2.15. The Balaban J connectivity index is 2.44. The normalized spacial score (nSPS) is 10.2. The van der Waals surface area contributed by atoms with E-state index in [1.54, 1.807) is 13.2 Å². The van der Waals surface area contributed by atoms with E-state index in [4.69, 9.17) is 14.3 Å². The number of rotatable bonds is 5. The summed E-state index contributed by atoms with van der Waals surface area (Å²) in [6.07, 6.45) is 0. The SMILES string of the molecule is COCSCc1ccc(C(=O)O)o1. The molecule has 5 heteroatoms. The molecule has 1 aromatic heterocycles. The number of carbonyl (C=O) groups is 1. The van der Waals surface area contributed by atoms with E-state index in [2.05, 4.69) is 0 Å². The van der Waals surface area contributed by atoms with Crippen molar-refractivity contribution in [3.05, 3.63) is 23.7 Å². The van der Waals surface area contributed by atoms with Crippen LogP contribution in [0.15, 0.2) is 16.5 Å². The molecule has 0 bridgehead atoms. The van der Waals surface area contributed by atoms with Crippen LogP contribution in [0.25, 0.3) is 0 Å². The zero-order chi connectivity index (χ0) is 9.68. The average molecular weight is 202 g/mol. The Kier molecular flexibility index (Phi) is 3.85. The van der Waals surface area contributed by atoms with E-state index >= 15 is 0 Å². The molecule has 0 atom stereocenters. The first-order valence-electron chi connectivity index (χ1n) is 3.62. The molecule has 0 fully saturated rings. The monoisotopic (exact) mass is 202 g/mol. The van der Waals surface area contributed by atoms with Crippen LogP contribution in [-0.2, 0) is 10.5 Å². The van der Waals surface area contributed by atoms with Gasteiger partial charge < -0.3 is 14.3 Å². The quantitative estimate of drug-likeness (QED) is 0.583. The van der Waals surface area contributed by atoms with Crippen molar-refractivity contribution in [2.45, 2.75) is 5.75 Å². The van der Waals surface area contributed by atoms with Crippen molar-refractivity contribution in [1.82, 2.24) is 0 Å². The lowest BCUT2D eigenvalue weighted by molar-refractivity contribution is 0.0661. The maximum absolute atomic E-state index is 10.4. The topological polar surface area (TPSA) is 59.7 Å². The maximum atomic E-state index is 10.4. The second-order valence-electron chi connectivity index (χ2n) is 2.33. The van der Waals surface area contributed by atoms with Gasteiger partial charge >= 0.3 is 5.97 Å². The zero-order valence-corrected chi connectivity index (χ0v) is 7.97. The van der Waals surface area contributed by atoms with Crippen molar-refractivity contribution >= 4 is 17.7 Å². The van der Waals surface area contributed by atoms with Gasteiger partial charge in [-0.3, -0.25) is 0 Å². The number of furan rings is 1. The largest absolute Gasteiger partial charge is 0.475 e. The van der Waals surface area contributed by atoms with Crippen LogP contribution in [0.5, 0.6) is 0 Å². The molecule has 0 aromatic carbocycles. The highest BCUT2D eigenvalue weighted by molar-refractivity contribution is 7.98. The molecule has 1 aromatic rings. The number of thioether (sulfide) groups is 1. The summed E-state index contributed by atoms with van der Waals surface area (Å²) in [5.74, 6) is 0.792. The molecule has 0 aliphatic rings. The van der Waals surface area contributed by atoms with Crippen LogP contribution < -0.4 is 0 Å². The summed E-state index contributed by atoms with van der Waals surface area (Å²) in [6.45, 7) is 0. The van der Waals surface area contributed by atoms with Gasteiger partial charge in [0.1, 0.15) is 5.76 Å². The molecule has 1 rings (SSSR count). The lowest BCUT2D eigenvalue weighted by Gasteiger charge is -1.95. The summed E-state index contributed by atoms with van der Waals surface area (Å²) in [4.78, 5) is 10.4. The smallest absolute Gasteiger partial charge is 0.371 e. The first-order valence-corrected chi connectivity index (χ1v) is 4.78. The van der Waals surface area contributed by atoms with Crippen LogP contribution in [0.2, 0.25) is 0 Å². The van der Waals surface area contributed by atoms with Gasteiger partial charge in [-0.1, -0.05) is 0 Å². The van der Waals surface area contributed by atoms with Gasteiger partial charge in [-0.05, 0) is 12.1 Å². The third kappa shape index (κ3) is 3.12. The minimum absolute atomic E-state index is 0.0204. The Morgan fingerprint density at radius 1 is 1.69 bits per heavy atom. The highest BCUT2D eigenvalue weighted by Gasteiger charge is 2.08. The first kappa shape index (κ1) is 10.1. The lowest BCUT2D eigenvalue weighted by atomic mass is 10.4. The Morgan fingerprint density at radius 3 is 3.00 bits per heavy atom. The molecule has 4 nitrogen and oxygen atoms in total. The molecular formula is C8H10O4S. The summed E-state index contributed by atoms with van der Waals surface area (Å²) in [5.41, 5.74) is 0. The third-order valence-electron chi connectivity index (χ3n) is 1.32. The summed E-state index contributed by atoms with van der Waals surface area (Å²) < 4.78 is 9.84. The van der Waals surface area contributed by atoms with E-state index < -0.39 is 5.97 Å². The van der Waals surface area contributed by atoms with E-state index in [1.165, 1.54) is 17.8 Å². The molecule has 0 saturated heterocycles. The van der Waals surface area contributed by atoms with Crippen LogP contribution in [0.3, 0.4) is 0 Å². The summed E-state index contributed by atoms with van der Waals surface area (Å²) >= 11 is 1.52. The van der Waals surface area contributed by atoms with Gasteiger partial charge in [0.25, 0.3) is 0 Å². The van der Waals surface area contributed by atoms with Crippen molar-refractivity contribution in [2.75, 3.05) is 13.0 Å². The molecule has 0 aliphatic heterocycles. The fourth-order valence-electron chi connectivity index (χ4n) is 0.796. The van der Waals surface area contributed by atoms with Crippen molar-refractivity contribution in [2.24, 2.45) is 0 Å². The fraction of sp³-hybridized carbons (Fsp3) is 0.375. The van der Waals surface area contributed by atoms with E-state index in [9.17, 15) is 4.79 Å². The predicted molar refractivity (Wildman–Crippen MR) is 48.8 cm³/mol. The van der Waals surface area contributed by atoms with E-state index in [-0.39, 0.29) is 5.76 Å². The molecule has 0 unspecified atom stereocenters. The maximum Gasteiger partial charge on any atom is 0.371 e. The summed E-state index contributed by atoms with van der Waals surface area (Å²) in [6, 6.07) is 3.11. The van der Waals surface area contributed by atoms with Crippen molar-refractivity contribution in [1.29, 1.82) is 0 Å². The highest BCUT2D eigenvalue weighted by atomic mass is 32.2. The average Bonchev–Trinajstić information content (AvgIpc) is 2.53. The lowest BCUT2D eigenvalue weighted by Crippen LogP contribution is -1.91. The molecular weight excluding hydrogens is 192 g/mol. The summed E-state index contributed by atoms with van der Waals surface area (Å²) in [7, 11) is 1.61. The van der Waals surface area contributed by atoms with Gasteiger partial charge in [0.2, 0.25) is 5.76 Å². The van der Waals surface area contributed by atoms with Crippen LogP contribution in [-0.4, -0.2) is 24.1 Å². The van der Waals surface area contributed by atoms with Gasteiger partial charge in [-0.2, -0.15) is 0 Å². The van der Waals surface area contributed by atoms with Crippen LogP contribution in [0.1, 0.15) is 16.3 Å². The standard InChI is InChI=1S/C8H10O4S/c1-11-5-13-4-6-2-3-7(12-6)8(9)10/h2-3H,4-5H2,1H3,(H,9,10). The van der Waals surface area contributed by atoms with Gasteiger partial charge in [0.05, 0.1) is 11.7 Å². The van der Waals surface area contributed by atoms with Gasteiger partial charge in [0, 0.05) is 7.11 Å². The Hall–Kier alpha value is -0.940. The number of carboxylic acids is 1. The molecule has 0 radical (unpaired) electrons. The van der Waals surface area contributed by atoms with Crippen LogP contribution in [0.4, 0.5) is 0 Å². The Morgan fingerprint density at radius 2 is 2.46 bits per heavy atom. The molecule has 72 valence electrons. The number of hydrogen-bond acceptors (Lipinski definition) is 4. The number of ether oxygens (including phenoxy) is 1. The molecule has 13 heavy (non-hydrogen) atoms. The summed E-state index contributed by atoms with van der Waals surface area (Å²) in [5, 5.41) is 8.54. The van der Waals surface area contributed by atoms with E-state index in [0.29, 0.717) is 17.5 Å². The molecule has 0 saturated carbocycles. The van der Waals surface area contributed by atoms with Crippen LogP contribution >= 0.6 is 11.8 Å². The van der Waals surface area contributed by atoms with Crippen molar-refractivity contribution in [3.8, 4) is 0 Å². The van der Waals surface area contributed by atoms with Gasteiger partial charge in [-0.25, -0.2) is 4.79 Å². The van der Waals surface area contributed by atoms with E-state index in [0.717, 1.165) is 0 Å². The minimum Gasteiger partial charge on any atom is -0.475 e. The van der Waals surface area contributed by atoms with Gasteiger partial charge in [-0.15, -0.1) is 11.8 Å². The second-order valence-corrected chi connectivity index (χ2v) is 3.26. The molecule has 0 aliphatic carbocycles. The fourth-order valence-corrected chi connectivity index (χ4v) is 1.40. The molecule has 1 heterocycles. The van der Waals surface area contributed by atoms with Crippen molar-refractivity contribution < 1.29 is 19.1 Å². The number of carboxylic acid groups (broad SMARTS) is 1. The number of hydrogen-bond donors (Lipinski definition) is 1. The zero-order valence-electron chi connectivity index (χ0n) is 7.15.